The molecule has 5 nitrogen and oxygen atoms in total. The van der Waals surface area contributed by atoms with Gasteiger partial charge in [0.05, 0.1) is 24.3 Å². The van der Waals surface area contributed by atoms with Crippen LogP contribution in [-0.4, -0.2) is 42.6 Å². The molecule has 0 aromatic carbocycles. The Kier molecular flexibility index (Phi) is 5.78. The lowest BCUT2D eigenvalue weighted by Crippen LogP contribution is -2.48. The zero-order chi connectivity index (χ0) is 18.0. The number of nitriles is 1. The number of anilines is 1. The lowest BCUT2D eigenvalue weighted by atomic mass is 9.86. The fourth-order valence-corrected chi connectivity index (χ4v) is 5.32. The summed E-state index contributed by atoms with van der Waals surface area (Å²) in [5.74, 6) is 0.668. The molecular formula is C19H27N3O2S. The first-order valence-corrected chi connectivity index (χ1v) is 10.0. The summed E-state index contributed by atoms with van der Waals surface area (Å²) in [4.78, 5) is 15.9. The number of morpholine rings is 1. The molecule has 1 amide bonds. The number of hydrogen-bond acceptors (Lipinski definition) is 5. The van der Waals surface area contributed by atoms with Gasteiger partial charge in [-0.15, -0.1) is 11.3 Å². The van der Waals surface area contributed by atoms with Crippen LogP contribution in [0.15, 0.2) is 0 Å². The molecule has 1 N–H and O–H groups in total. The number of hydrogen-bond donors (Lipinski definition) is 1. The van der Waals surface area contributed by atoms with E-state index in [4.69, 9.17) is 4.74 Å². The van der Waals surface area contributed by atoms with Crippen molar-refractivity contribution in [2.75, 3.05) is 25.0 Å². The molecule has 136 valence electrons. The van der Waals surface area contributed by atoms with Crippen molar-refractivity contribution in [1.29, 1.82) is 5.26 Å². The first-order chi connectivity index (χ1) is 12.0. The van der Waals surface area contributed by atoms with Gasteiger partial charge in [0.15, 0.2) is 0 Å². The van der Waals surface area contributed by atoms with Crippen LogP contribution in [0.25, 0.3) is 0 Å². The van der Waals surface area contributed by atoms with E-state index in [9.17, 15) is 10.1 Å². The van der Waals surface area contributed by atoms with Crippen LogP contribution >= 0.6 is 11.3 Å². The van der Waals surface area contributed by atoms with Crippen molar-refractivity contribution >= 4 is 22.2 Å². The average molecular weight is 362 g/mol. The van der Waals surface area contributed by atoms with Gasteiger partial charge in [0, 0.05) is 18.0 Å². The van der Waals surface area contributed by atoms with Gasteiger partial charge in [-0.25, -0.2) is 0 Å². The molecule has 1 aliphatic heterocycles. The molecule has 3 rings (SSSR count). The Morgan fingerprint density at radius 2 is 2.12 bits per heavy atom. The van der Waals surface area contributed by atoms with Crippen LogP contribution in [-0.2, 0) is 22.4 Å². The Bertz CT molecular complexity index is 669. The van der Waals surface area contributed by atoms with Gasteiger partial charge in [-0.2, -0.15) is 5.26 Å². The second-order valence-corrected chi connectivity index (χ2v) is 8.44. The van der Waals surface area contributed by atoms with Gasteiger partial charge in [0.2, 0.25) is 5.91 Å². The van der Waals surface area contributed by atoms with Crippen LogP contribution in [0.2, 0.25) is 0 Å². The Balaban J connectivity index is 1.67. The molecule has 0 unspecified atom stereocenters. The quantitative estimate of drug-likeness (QED) is 0.894. The van der Waals surface area contributed by atoms with E-state index in [1.165, 1.54) is 16.9 Å². The van der Waals surface area contributed by atoms with Crippen LogP contribution in [0, 0.1) is 17.2 Å². The largest absolute Gasteiger partial charge is 0.373 e. The van der Waals surface area contributed by atoms with Crippen LogP contribution < -0.4 is 5.32 Å². The van der Waals surface area contributed by atoms with Gasteiger partial charge in [-0.05, 0) is 44.6 Å². The summed E-state index contributed by atoms with van der Waals surface area (Å²) < 4.78 is 5.71. The van der Waals surface area contributed by atoms with E-state index in [0.717, 1.165) is 37.4 Å². The molecule has 1 saturated heterocycles. The summed E-state index contributed by atoms with van der Waals surface area (Å²) in [6.45, 7) is 8.17. The van der Waals surface area contributed by atoms with Crippen LogP contribution in [0.3, 0.4) is 0 Å². The number of nitrogens with zero attached hydrogens (tertiary/aromatic N) is 2. The maximum atomic E-state index is 12.5. The highest BCUT2D eigenvalue weighted by Crippen LogP contribution is 2.39. The van der Waals surface area contributed by atoms with E-state index in [0.29, 0.717) is 18.0 Å². The number of nitrogens with one attached hydrogen (secondary N) is 1. The summed E-state index contributed by atoms with van der Waals surface area (Å²) in [7, 11) is 0. The summed E-state index contributed by atoms with van der Waals surface area (Å²) in [5.41, 5.74) is 1.85. The predicted molar refractivity (Wildman–Crippen MR) is 99.9 cm³/mol. The van der Waals surface area contributed by atoms with E-state index in [1.807, 2.05) is 13.8 Å². The first kappa shape index (κ1) is 18.4. The average Bonchev–Trinajstić information content (AvgIpc) is 2.89. The topological polar surface area (TPSA) is 65.4 Å². The molecule has 0 spiro atoms. The number of carbonyl (C=O) groups excluding carboxylic acids is 1. The lowest BCUT2D eigenvalue weighted by Gasteiger charge is -2.34. The molecular weight excluding hydrogens is 334 g/mol. The smallest absolute Gasteiger partial charge is 0.239 e. The Hall–Kier alpha value is -1.42. The van der Waals surface area contributed by atoms with Crippen molar-refractivity contribution in [3.63, 3.8) is 0 Å². The summed E-state index contributed by atoms with van der Waals surface area (Å²) >= 11 is 1.60. The minimum absolute atomic E-state index is 0.0385. The Labute approximate surface area is 154 Å². The molecule has 1 aromatic rings. The minimum atomic E-state index is -0.0385. The highest BCUT2D eigenvalue weighted by molar-refractivity contribution is 7.16. The Morgan fingerprint density at radius 1 is 1.40 bits per heavy atom. The first-order valence-electron chi connectivity index (χ1n) is 9.22. The highest BCUT2D eigenvalue weighted by atomic mass is 32.1. The summed E-state index contributed by atoms with van der Waals surface area (Å²) in [6, 6.07) is 2.32. The normalized spacial score (nSPS) is 26.7. The molecule has 2 heterocycles. The molecule has 6 heteroatoms. The molecule has 1 aliphatic carbocycles. The van der Waals surface area contributed by atoms with Crippen molar-refractivity contribution in [2.24, 2.45) is 5.92 Å². The highest BCUT2D eigenvalue weighted by Gasteiger charge is 2.27. The molecule has 1 fully saturated rings. The van der Waals surface area contributed by atoms with Gasteiger partial charge < -0.3 is 10.1 Å². The van der Waals surface area contributed by atoms with E-state index in [1.54, 1.807) is 11.3 Å². The van der Waals surface area contributed by atoms with E-state index in [-0.39, 0.29) is 18.1 Å². The summed E-state index contributed by atoms with van der Waals surface area (Å²) in [6.07, 6.45) is 4.61. The predicted octanol–water partition coefficient (Wildman–Crippen LogP) is 3.18. The second-order valence-electron chi connectivity index (χ2n) is 7.34. The van der Waals surface area contributed by atoms with E-state index >= 15 is 0 Å². The molecule has 2 aliphatic rings. The monoisotopic (exact) mass is 361 g/mol. The fraction of sp³-hybridized carbons (Fsp3) is 0.684. The van der Waals surface area contributed by atoms with Gasteiger partial charge in [-0.3, -0.25) is 9.69 Å². The molecule has 25 heavy (non-hydrogen) atoms. The molecule has 0 bridgehead atoms. The van der Waals surface area contributed by atoms with Gasteiger partial charge in [0.25, 0.3) is 0 Å². The lowest BCUT2D eigenvalue weighted by molar-refractivity contribution is -0.121. The van der Waals surface area contributed by atoms with E-state index < -0.39 is 0 Å². The summed E-state index contributed by atoms with van der Waals surface area (Å²) in [5, 5.41) is 13.3. The van der Waals surface area contributed by atoms with Gasteiger partial charge in [0.1, 0.15) is 11.1 Å². The zero-order valence-corrected chi connectivity index (χ0v) is 16.1. The fourth-order valence-electron chi connectivity index (χ4n) is 3.99. The third kappa shape index (κ3) is 4.22. The minimum Gasteiger partial charge on any atom is -0.373 e. The zero-order valence-electron chi connectivity index (χ0n) is 15.3. The van der Waals surface area contributed by atoms with Crippen LogP contribution in [0.4, 0.5) is 5.00 Å². The number of ether oxygens (including phenoxy) is 1. The van der Waals surface area contributed by atoms with Gasteiger partial charge in [-0.1, -0.05) is 13.3 Å². The Morgan fingerprint density at radius 3 is 2.76 bits per heavy atom. The van der Waals surface area contributed by atoms with Crippen molar-refractivity contribution in [3.05, 3.63) is 16.0 Å². The maximum Gasteiger partial charge on any atom is 0.239 e. The van der Waals surface area contributed by atoms with Crippen molar-refractivity contribution in [1.82, 2.24) is 4.90 Å². The number of rotatable bonds is 4. The van der Waals surface area contributed by atoms with E-state index in [2.05, 4.69) is 23.2 Å². The maximum absolute atomic E-state index is 12.5. The third-order valence-corrected chi connectivity index (χ3v) is 6.34. The molecule has 0 radical (unpaired) electrons. The van der Waals surface area contributed by atoms with Crippen LogP contribution in [0.1, 0.15) is 49.6 Å². The second kappa shape index (κ2) is 7.86. The molecule has 1 aromatic heterocycles. The molecule has 0 saturated carbocycles. The standard InChI is InChI=1S/C19H27N3O2S/c1-4-14-5-6-15-16(8-20)19(25-17(15)7-14)21-18(23)11-22-9-12(2)24-13(3)10-22/h12-14H,4-7,9-11H2,1-3H3,(H,21,23)/t12-,13+,14-/m1/s1. The number of carbonyl (C=O) groups is 1. The third-order valence-electron chi connectivity index (χ3n) is 5.17. The van der Waals surface area contributed by atoms with Gasteiger partial charge >= 0.3 is 0 Å². The number of fused-ring (bicyclic) bond motifs is 1. The molecule has 3 atom stereocenters. The van der Waals surface area contributed by atoms with Crippen LogP contribution in [0.5, 0.6) is 0 Å². The number of amides is 1. The van der Waals surface area contributed by atoms with Crippen molar-refractivity contribution < 1.29 is 9.53 Å². The number of thiophene rings is 1. The van der Waals surface area contributed by atoms with Crippen molar-refractivity contribution in [2.45, 2.75) is 58.7 Å². The SMILES string of the molecule is CC[C@@H]1CCc2c(sc(NC(=O)CN3C[C@@H](C)O[C@@H](C)C3)c2C#N)C1. The van der Waals surface area contributed by atoms with Crippen molar-refractivity contribution in [3.8, 4) is 6.07 Å².